The zero-order chi connectivity index (χ0) is 16.4. The highest BCUT2D eigenvalue weighted by atomic mass is 16.5. The minimum atomic E-state index is -0.673. The number of methoxy groups -OCH3 is 1. The fourth-order valence-corrected chi connectivity index (χ4v) is 3.10. The van der Waals surface area contributed by atoms with Gasteiger partial charge in [-0.05, 0) is 17.2 Å². The number of aromatic nitrogens is 1. The molecule has 2 aromatic carbocycles. The van der Waals surface area contributed by atoms with Gasteiger partial charge < -0.3 is 15.0 Å². The first-order valence-electron chi connectivity index (χ1n) is 7.58. The van der Waals surface area contributed by atoms with Gasteiger partial charge in [0.25, 0.3) is 0 Å². The summed E-state index contributed by atoms with van der Waals surface area (Å²) in [6.07, 6.45) is 0.443. The van der Waals surface area contributed by atoms with Gasteiger partial charge in [-0.15, -0.1) is 0 Å². The molecular weight excluding hydrogens is 288 g/mol. The SMILES string of the molecule is COC(=O)C(N)Cc1c(-c2ccccc2)n(C)c2ccccc12. The standard InChI is InChI=1S/C19H20N2O2/c1-21-17-11-7-6-10-14(17)15(12-16(20)19(22)23-2)18(21)13-8-4-3-5-9-13/h3-11,16H,12,20H2,1-2H3. The van der Waals surface area contributed by atoms with Gasteiger partial charge in [-0.3, -0.25) is 4.79 Å². The first kappa shape index (κ1) is 15.3. The lowest BCUT2D eigenvalue weighted by Gasteiger charge is -2.12. The average molecular weight is 308 g/mol. The molecule has 3 aromatic rings. The molecule has 0 saturated carbocycles. The maximum absolute atomic E-state index is 11.8. The number of rotatable bonds is 4. The van der Waals surface area contributed by atoms with Crippen molar-refractivity contribution in [3.05, 3.63) is 60.2 Å². The Morgan fingerprint density at radius 2 is 1.78 bits per heavy atom. The summed E-state index contributed by atoms with van der Waals surface area (Å²) in [6, 6.07) is 17.7. The molecule has 1 aromatic heterocycles. The molecule has 0 aliphatic heterocycles. The van der Waals surface area contributed by atoms with Crippen LogP contribution in [0.15, 0.2) is 54.6 Å². The number of ether oxygens (including phenoxy) is 1. The Kier molecular flexibility index (Phi) is 4.17. The van der Waals surface area contributed by atoms with E-state index in [1.165, 1.54) is 7.11 Å². The first-order valence-corrected chi connectivity index (χ1v) is 7.58. The summed E-state index contributed by atoms with van der Waals surface area (Å²) in [7, 11) is 3.40. The van der Waals surface area contributed by atoms with E-state index in [9.17, 15) is 4.79 Å². The number of para-hydroxylation sites is 1. The lowest BCUT2D eigenvalue weighted by Crippen LogP contribution is -2.33. The predicted octanol–water partition coefficient (Wildman–Crippen LogP) is 2.89. The van der Waals surface area contributed by atoms with Crippen molar-refractivity contribution < 1.29 is 9.53 Å². The van der Waals surface area contributed by atoms with Crippen molar-refractivity contribution in [1.82, 2.24) is 4.57 Å². The Bertz CT molecular complexity index is 837. The monoisotopic (exact) mass is 308 g/mol. The quantitative estimate of drug-likeness (QED) is 0.754. The molecule has 0 spiro atoms. The molecule has 1 atom stereocenters. The van der Waals surface area contributed by atoms with Crippen LogP contribution in [-0.2, 0) is 23.0 Å². The Morgan fingerprint density at radius 3 is 2.48 bits per heavy atom. The number of nitrogens with zero attached hydrogens (tertiary/aromatic N) is 1. The highest BCUT2D eigenvalue weighted by Crippen LogP contribution is 2.33. The second-order valence-corrected chi connectivity index (χ2v) is 5.60. The van der Waals surface area contributed by atoms with E-state index in [2.05, 4.69) is 28.8 Å². The Hall–Kier alpha value is -2.59. The highest BCUT2D eigenvalue weighted by Gasteiger charge is 2.22. The minimum Gasteiger partial charge on any atom is -0.468 e. The molecule has 0 aliphatic rings. The van der Waals surface area contributed by atoms with Gasteiger partial charge in [-0.2, -0.15) is 0 Å². The number of aryl methyl sites for hydroxylation is 1. The van der Waals surface area contributed by atoms with Gasteiger partial charge in [0.1, 0.15) is 6.04 Å². The molecular formula is C19H20N2O2. The van der Waals surface area contributed by atoms with Crippen LogP contribution in [0.4, 0.5) is 0 Å². The summed E-state index contributed by atoms with van der Waals surface area (Å²) in [5.41, 5.74) is 10.4. The van der Waals surface area contributed by atoms with Crippen molar-refractivity contribution in [2.24, 2.45) is 12.8 Å². The van der Waals surface area contributed by atoms with Gasteiger partial charge in [0.15, 0.2) is 0 Å². The Morgan fingerprint density at radius 1 is 1.13 bits per heavy atom. The van der Waals surface area contributed by atoms with Crippen molar-refractivity contribution in [3.63, 3.8) is 0 Å². The largest absolute Gasteiger partial charge is 0.468 e. The zero-order valence-corrected chi connectivity index (χ0v) is 13.3. The number of carbonyl (C=O) groups is 1. The molecule has 0 amide bonds. The van der Waals surface area contributed by atoms with Gasteiger partial charge in [-0.1, -0.05) is 48.5 Å². The van der Waals surface area contributed by atoms with E-state index in [4.69, 9.17) is 10.5 Å². The third-order valence-corrected chi connectivity index (χ3v) is 4.19. The minimum absolute atomic E-state index is 0.392. The molecule has 3 rings (SSSR count). The van der Waals surface area contributed by atoms with E-state index in [0.717, 1.165) is 27.7 Å². The average Bonchev–Trinajstić information content (AvgIpc) is 2.87. The second-order valence-electron chi connectivity index (χ2n) is 5.60. The van der Waals surface area contributed by atoms with Crippen LogP contribution in [-0.4, -0.2) is 23.7 Å². The third-order valence-electron chi connectivity index (χ3n) is 4.19. The van der Waals surface area contributed by atoms with E-state index >= 15 is 0 Å². The molecule has 0 radical (unpaired) electrons. The van der Waals surface area contributed by atoms with E-state index in [0.29, 0.717) is 6.42 Å². The molecule has 0 aliphatic carbocycles. The molecule has 1 unspecified atom stereocenters. The smallest absolute Gasteiger partial charge is 0.322 e. The van der Waals surface area contributed by atoms with Crippen LogP contribution in [0.5, 0.6) is 0 Å². The normalized spacial score (nSPS) is 12.3. The van der Waals surface area contributed by atoms with E-state index in [1.54, 1.807) is 0 Å². The number of carbonyl (C=O) groups excluding carboxylic acids is 1. The van der Waals surface area contributed by atoms with Crippen LogP contribution in [0.25, 0.3) is 22.2 Å². The summed E-state index contributed by atoms with van der Waals surface area (Å²) in [5, 5.41) is 1.12. The van der Waals surface area contributed by atoms with Gasteiger partial charge in [-0.25, -0.2) is 0 Å². The van der Waals surface area contributed by atoms with Crippen LogP contribution in [0.1, 0.15) is 5.56 Å². The van der Waals surface area contributed by atoms with Gasteiger partial charge >= 0.3 is 5.97 Å². The molecule has 118 valence electrons. The van der Waals surface area contributed by atoms with Crippen LogP contribution in [0.3, 0.4) is 0 Å². The van der Waals surface area contributed by atoms with Crippen LogP contribution >= 0.6 is 0 Å². The molecule has 2 N–H and O–H groups in total. The van der Waals surface area contributed by atoms with E-state index in [-0.39, 0.29) is 0 Å². The number of benzene rings is 2. The lowest BCUT2D eigenvalue weighted by molar-refractivity contribution is -0.142. The number of hydrogen-bond donors (Lipinski definition) is 1. The highest BCUT2D eigenvalue weighted by molar-refractivity contribution is 5.92. The van der Waals surface area contributed by atoms with Crippen molar-refractivity contribution in [2.75, 3.05) is 7.11 Å². The van der Waals surface area contributed by atoms with Crippen molar-refractivity contribution in [1.29, 1.82) is 0 Å². The van der Waals surface area contributed by atoms with Crippen molar-refractivity contribution >= 4 is 16.9 Å². The third kappa shape index (κ3) is 2.73. The number of hydrogen-bond acceptors (Lipinski definition) is 3. The van der Waals surface area contributed by atoms with Gasteiger partial charge in [0.05, 0.1) is 12.8 Å². The maximum atomic E-state index is 11.8. The van der Waals surface area contributed by atoms with E-state index < -0.39 is 12.0 Å². The predicted molar refractivity (Wildman–Crippen MR) is 92.1 cm³/mol. The zero-order valence-electron chi connectivity index (χ0n) is 13.3. The number of esters is 1. The molecule has 1 heterocycles. The second kappa shape index (κ2) is 6.26. The van der Waals surface area contributed by atoms with Crippen LogP contribution in [0, 0.1) is 0 Å². The van der Waals surface area contributed by atoms with Crippen LogP contribution in [0.2, 0.25) is 0 Å². The molecule has 0 bridgehead atoms. The molecule has 23 heavy (non-hydrogen) atoms. The Labute approximate surface area is 135 Å². The van der Waals surface area contributed by atoms with E-state index in [1.807, 2.05) is 37.4 Å². The maximum Gasteiger partial charge on any atom is 0.322 e. The summed E-state index contributed by atoms with van der Waals surface area (Å²) >= 11 is 0. The molecule has 4 heteroatoms. The molecule has 0 fully saturated rings. The lowest BCUT2D eigenvalue weighted by atomic mass is 9.99. The summed E-state index contributed by atoms with van der Waals surface area (Å²) in [5.74, 6) is -0.392. The molecule has 4 nitrogen and oxygen atoms in total. The van der Waals surface area contributed by atoms with Gasteiger partial charge in [0, 0.05) is 24.4 Å². The Balaban J connectivity index is 2.20. The van der Waals surface area contributed by atoms with Crippen molar-refractivity contribution in [3.8, 4) is 11.3 Å². The number of nitrogens with two attached hydrogens (primary N) is 1. The van der Waals surface area contributed by atoms with Crippen LogP contribution < -0.4 is 5.73 Å². The molecule has 0 saturated heterocycles. The summed E-state index contributed by atoms with van der Waals surface area (Å²) in [4.78, 5) is 11.8. The number of fused-ring (bicyclic) bond motifs is 1. The van der Waals surface area contributed by atoms with Gasteiger partial charge in [0.2, 0.25) is 0 Å². The topological polar surface area (TPSA) is 57.2 Å². The summed E-state index contributed by atoms with van der Waals surface area (Å²) in [6.45, 7) is 0. The first-order chi connectivity index (χ1) is 11.1. The fourth-order valence-electron chi connectivity index (χ4n) is 3.10. The summed E-state index contributed by atoms with van der Waals surface area (Å²) < 4.78 is 6.93. The van der Waals surface area contributed by atoms with Crippen molar-refractivity contribution in [2.45, 2.75) is 12.5 Å². The fraction of sp³-hybridized carbons (Fsp3) is 0.211.